The van der Waals surface area contributed by atoms with Crippen LogP contribution in [0.4, 0.5) is 0 Å². The van der Waals surface area contributed by atoms with Gasteiger partial charge in [-0.05, 0) is 60.0 Å². The number of carbonyl (C=O) groups excluding carboxylic acids is 1. The molecular weight excluding hydrogens is 403 g/mol. The second-order valence-corrected chi connectivity index (χ2v) is 8.15. The molecule has 1 N–H and O–H groups in total. The number of halogens is 2. The summed E-state index contributed by atoms with van der Waals surface area (Å²) >= 11 is 12.1. The Balaban J connectivity index is 1.65. The number of fused-ring (bicyclic) bond motifs is 3. The van der Waals surface area contributed by atoms with Gasteiger partial charge in [0.2, 0.25) is 0 Å². The molecule has 0 spiro atoms. The van der Waals surface area contributed by atoms with E-state index in [0.717, 1.165) is 23.2 Å². The predicted octanol–water partition coefficient (Wildman–Crippen LogP) is 6.26. The molecule has 2 heterocycles. The van der Waals surface area contributed by atoms with E-state index in [1.807, 2.05) is 35.2 Å². The van der Waals surface area contributed by atoms with Crippen molar-refractivity contribution in [2.24, 2.45) is 0 Å². The number of nitrogens with zero attached hydrogens (tertiary/aromatic N) is 1. The van der Waals surface area contributed by atoms with Crippen LogP contribution in [0.25, 0.3) is 10.9 Å². The fourth-order valence-corrected chi connectivity index (χ4v) is 4.46. The Bertz CT molecular complexity index is 1200. The summed E-state index contributed by atoms with van der Waals surface area (Å²) in [5.41, 5.74) is 5.11. The van der Waals surface area contributed by atoms with Gasteiger partial charge in [-0.25, -0.2) is 0 Å². The minimum absolute atomic E-state index is 0.00840. The first-order chi connectivity index (χ1) is 14.1. The van der Waals surface area contributed by atoms with E-state index in [-0.39, 0.29) is 11.9 Å². The summed E-state index contributed by atoms with van der Waals surface area (Å²) in [6.45, 7) is 0.642. The fourth-order valence-electron chi connectivity index (χ4n) is 4.21. The van der Waals surface area contributed by atoms with Gasteiger partial charge < -0.3 is 9.88 Å². The minimum atomic E-state index is -0.202. The molecule has 0 saturated heterocycles. The number of hydrogen-bond donors (Lipinski definition) is 1. The van der Waals surface area contributed by atoms with E-state index < -0.39 is 0 Å². The zero-order chi connectivity index (χ0) is 20.0. The number of H-pyrrole nitrogens is 1. The Morgan fingerprint density at radius 3 is 2.28 bits per heavy atom. The number of carbonyl (C=O) groups is 1. The van der Waals surface area contributed by atoms with Crippen LogP contribution >= 0.6 is 23.2 Å². The van der Waals surface area contributed by atoms with Gasteiger partial charge in [-0.3, -0.25) is 4.79 Å². The van der Waals surface area contributed by atoms with E-state index in [0.29, 0.717) is 22.2 Å². The molecule has 0 bridgehead atoms. The smallest absolute Gasteiger partial charge is 0.254 e. The maximum atomic E-state index is 13.4. The summed E-state index contributed by atoms with van der Waals surface area (Å²) in [5.74, 6) is -0.00840. The summed E-state index contributed by atoms with van der Waals surface area (Å²) in [6, 6.07) is 22.9. The van der Waals surface area contributed by atoms with Gasteiger partial charge in [0.05, 0.1) is 6.04 Å². The highest BCUT2D eigenvalue weighted by Crippen LogP contribution is 2.39. The molecule has 3 aromatic carbocycles. The molecule has 1 aliphatic rings. The van der Waals surface area contributed by atoms with Crippen LogP contribution < -0.4 is 0 Å². The van der Waals surface area contributed by atoms with Crippen molar-refractivity contribution in [3.63, 3.8) is 0 Å². The van der Waals surface area contributed by atoms with Gasteiger partial charge in [0.1, 0.15) is 0 Å². The van der Waals surface area contributed by atoms with Gasteiger partial charge in [-0.15, -0.1) is 0 Å². The fraction of sp³-hybridized carbons (Fsp3) is 0.125. The standard InChI is InChI=1S/C24H18Cl2N2O/c25-17-9-5-15(6-10-17)23-22-20(19-3-1-2-4-21(19)27-22)13-14-28(23)24(29)16-7-11-18(26)12-8-16/h1-12,23,27H,13-14H2/t23-/m0/s1. The molecule has 5 heteroatoms. The molecule has 0 unspecified atom stereocenters. The largest absolute Gasteiger partial charge is 0.356 e. The predicted molar refractivity (Wildman–Crippen MR) is 118 cm³/mol. The lowest BCUT2D eigenvalue weighted by molar-refractivity contribution is 0.0692. The highest BCUT2D eigenvalue weighted by molar-refractivity contribution is 6.30. The van der Waals surface area contributed by atoms with Crippen molar-refractivity contribution in [3.05, 3.63) is 105 Å². The Labute approximate surface area is 178 Å². The topological polar surface area (TPSA) is 36.1 Å². The first-order valence-corrected chi connectivity index (χ1v) is 10.3. The van der Waals surface area contributed by atoms with Crippen molar-refractivity contribution < 1.29 is 4.79 Å². The number of aromatic amines is 1. The molecule has 144 valence electrons. The summed E-state index contributed by atoms with van der Waals surface area (Å²) in [4.78, 5) is 18.9. The lowest BCUT2D eigenvalue weighted by Gasteiger charge is -2.36. The van der Waals surface area contributed by atoms with Gasteiger partial charge >= 0.3 is 0 Å². The summed E-state index contributed by atoms with van der Waals surface area (Å²) < 4.78 is 0. The quantitative estimate of drug-likeness (QED) is 0.407. The minimum Gasteiger partial charge on any atom is -0.356 e. The second-order valence-electron chi connectivity index (χ2n) is 7.27. The Morgan fingerprint density at radius 2 is 1.55 bits per heavy atom. The van der Waals surface area contributed by atoms with Crippen LogP contribution in [0.1, 0.15) is 33.2 Å². The van der Waals surface area contributed by atoms with Gasteiger partial charge in [-0.2, -0.15) is 0 Å². The van der Waals surface area contributed by atoms with E-state index in [1.54, 1.807) is 24.3 Å². The molecule has 1 amide bonds. The van der Waals surface area contributed by atoms with E-state index >= 15 is 0 Å². The highest BCUT2D eigenvalue weighted by atomic mass is 35.5. The first kappa shape index (κ1) is 18.3. The van der Waals surface area contributed by atoms with Gasteiger partial charge in [0, 0.05) is 38.8 Å². The number of nitrogens with one attached hydrogen (secondary N) is 1. The van der Waals surface area contributed by atoms with Crippen molar-refractivity contribution in [2.75, 3.05) is 6.54 Å². The zero-order valence-electron chi connectivity index (χ0n) is 15.5. The summed E-state index contributed by atoms with van der Waals surface area (Å²) in [5, 5.41) is 2.52. The van der Waals surface area contributed by atoms with Crippen molar-refractivity contribution in [2.45, 2.75) is 12.5 Å². The van der Waals surface area contributed by atoms with Crippen LogP contribution in [0.2, 0.25) is 10.0 Å². The molecule has 0 radical (unpaired) electrons. The molecule has 0 aliphatic carbocycles. The van der Waals surface area contributed by atoms with Crippen LogP contribution in [0.5, 0.6) is 0 Å². The normalized spacial score (nSPS) is 16.1. The zero-order valence-corrected chi connectivity index (χ0v) is 17.0. The average molecular weight is 421 g/mol. The molecule has 1 aromatic heterocycles. The third kappa shape index (κ3) is 3.21. The lowest BCUT2D eigenvalue weighted by atomic mass is 9.91. The van der Waals surface area contributed by atoms with E-state index in [4.69, 9.17) is 23.2 Å². The average Bonchev–Trinajstić information content (AvgIpc) is 3.12. The SMILES string of the molecule is O=C(c1ccc(Cl)cc1)N1CCc2c([nH]c3ccccc23)[C@@H]1c1ccc(Cl)cc1. The monoisotopic (exact) mass is 420 g/mol. The molecule has 1 atom stereocenters. The number of benzene rings is 3. The highest BCUT2D eigenvalue weighted by Gasteiger charge is 2.34. The molecule has 4 aromatic rings. The van der Waals surface area contributed by atoms with Crippen molar-refractivity contribution in [1.82, 2.24) is 9.88 Å². The van der Waals surface area contributed by atoms with Crippen LogP contribution in [0, 0.1) is 0 Å². The maximum Gasteiger partial charge on any atom is 0.254 e. The molecule has 0 saturated carbocycles. The Kier molecular flexibility index (Phi) is 4.57. The number of aromatic nitrogens is 1. The third-order valence-corrected chi connectivity index (χ3v) is 6.08. The van der Waals surface area contributed by atoms with E-state index in [1.165, 1.54) is 10.9 Å². The number of amides is 1. The third-order valence-electron chi connectivity index (χ3n) is 5.57. The van der Waals surface area contributed by atoms with Crippen LogP contribution in [-0.2, 0) is 6.42 Å². The Morgan fingerprint density at radius 1 is 0.897 bits per heavy atom. The Hall–Kier alpha value is -2.75. The summed E-state index contributed by atoms with van der Waals surface area (Å²) in [6.07, 6.45) is 0.808. The molecule has 0 fully saturated rings. The molecule has 5 rings (SSSR count). The number of hydrogen-bond acceptors (Lipinski definition) is 1. The lowest BCUT2D eigenvalue weighted by Crippen LogP contribution is -2.40. The van der Waals surface area contributed by atoms with Crippen LogP contribution in [-0.4, -0.2) is 22.3 Å². The second kappa shape index (κ2) is 7.25. The molecular formula is C24H18Cl2N2O. The van der Waals surface area contributed by atoms with Crippen molar-refractivity contribution in [1.29, 1.82) is 0 Å². The van der Waals surface area contributed by atoms with E-state index in [2.05, 4.69) is 23.2 Å². The number of para-hydroxylation sites is 1. The molecule has 29 heavy (non-hydrogen) atoms. The van der Waals surface area contributed by atoms with Gasteiger partial charge in [0.15, 0.2) is 0 Å². The molecule has 3 nitrogen and oxygen atoms in total. The van der Waals surface area contributed by atoms with Crippen molar-refractivity contribution in [3.8, 4) is 0 Å². The van der Waals surface area contributed by atoms with Crippen LogP contribution in [0.15, 0.2) is 72.8 Å². The van der Waals surface area contributed by atoms with Gasteiger partial charge in [-0.1, -0.05) is 53.5 Å². The van der Waals surface area contributed by atoms with E-state index in [9.17, 15) is 4.79 Å². The van der Waals surface area contributed by atoms with Crippen molar-refractivity contribution >= 4 is 40.0 Å². The number of rotatable bonds is 2. The van der Waals surface area contributed by atoms with Crippen LogP contribution in [0.3, 0.4) is 0 Å². The maximum absolute atomic E-state index is 13.4. The molecule has 1 aliphatic heterocycles. The first-order valence-electron chi connectivity index (χ1n) is 9.53. The van der Waals surface area contributed by atoms with Gasteiger partial charge in [0.25, 0.3) is 5.91 Å². The summed E-state index contributed by atoms with van der Waals surface area (Å²) in [7, 11) is 0.